The number of para-hydroxylation sites is 2. The summed E-state index contributed by atoms with van der Waals surface area (Å²) in [7, 11) is 4.11. The van der Waals surface area contributed by atoms with E-state index in [-0.39, 0.29) is 17.9 Å². The molecule has 6 rings (SSSR count). The van der Waals surface area contributed by atoms with Crippen LogP contribution in [0.2, 0.25) is 5.02 Å². The summed E-state index contributed by atoms with van der Waals surface area (Å²) >= 11 is 6.44. The zero-order chi connectivity index (χ0) is 29.9. The van der Waals surface area contributed by atoms with Crippen LogP contribution < -0.4 is 15.1 Å². The van der Waals surface area contributed by atoms with Crippen LogP contribution in [0.1, 0.15) is 11.1 Å². The van der Waals surface area contributed by atoms with E-state index in [2.05, 4.69) is 52.4 Å². The third-order valence-corrected chi connectivity index (χ3v) is 8.79. The first-order valence-electron chi connectivity index (χ1n) is 15.0. The highest BCUT2D eigenvalue weighted by molar-refractivity contribution is 6.31. The van der Waals surface area contributed by atoms with Crippen LogP contribution >= 0.6 is 11.6 Å². The smallest absolute Gasteiger partial charge is 0.318 e. The Morgan fingerprint density at radius 3 is 2.51 bits per heavy atom. The number of carbonyl (C=O) groups excluding carboxylic acids is 2. The fourth-order valence-corrected chi connectivity index (χ4v) is 6.66. The van der Waals surface area contributed by atoms with Crippen LogP contribution in [0.15, 0.2) is 79.0 Å². The van der Waals surface area contributed by atoms with Gasteiger partial charge in [-0.2, -0.15) is 0 Å². The number of urea groups is 1. The van der Waals surface area contributed by atoms with E-state index in [1.807, 2.05) is 70.6 Å². The van der Waals surface area contributed by atoms with Crippen molar-refractivity contribution < 1.29 is 9.59 Å². The Morgan fingerprint density at radius 2 is 1.74 bits per heavy atom. The molecule has 43 heavy (non-hydrogen) atoms. The maximum atomic E-state index is 14.5. The lowest BCUT2D eigenvalue weighted by atomic mass is 9.91. The van der Waals surface area contributed by atoms with Crippen LogP contribution in [0.5, 0.6) is 0 Å². The molecule has 9 heteroatoms. The van der Waals surface area contributed by atoms with Crippen LogP contribution in [0.4, 0.5) is 16.2 Å². The maximum absolute atomic E-state index is 14.5. The van der Waals surface area contributed by atoms with Crippen molar-refractivity contribution in [2.45, 2.75) is 18.9 Å². The van der Waals surface area contributed by atoms with Crippen LogP contribution in [0, 0.1) is 5.92 Å². The third-order valence-electron chi connectivity index (χ3n) is 8.56. The number of anilines is 2. The van der Waals surface area contributed by atoms with E-state index in [4.69, 9.17) is 11.6 Å². The Morgan fingerprint density at radius 1 is 1.00 bits per heavy atom. The summed E-state index contributed by atoms with van der Waals surface area (Å²) in [5, 5.41) is 4.81. The fourth-order valence-electron chi connectivity index (χ4n) is 6.50. The molecule has 0 aliphatic carbocycles. The van der Waals surface area contributed by atoms with Crippen molar-refractivity contribution in [2.75, 3.05) is 63.2 Å². The van der Waals surface area contributed by atoms with E-state index in [0.29, 0.717) is 31.1 Å². The molecular weight excluding hydrogens is 560 g/mol. The van der Waals surface area contributed by atoms with Crippen molar-refractivity contribution in [1.29, 1.82) is 0 Å². The molecule has 2 aliphatic heterocycles. The van der Waals surface area contributed by atoms with Gasteiger partial charge in [0.25, 0.3) is 0 Å². The highest BCUT2D eigenvalue weighted by Gasteiger charge is 2.35. The molecule has 1 fully saturated rings. The zero-order valence-corrected chi connectivity index (χ0v) is 25.6. The minimum Gasteiger partial charge on any atom is -0.368 e. The van der Waals surface area contributed by atoms with Crippen molar-refractivity contribution in [1.82, 2.24) is 20.1 Å². The lowest BCUT2D eigenvalue weighted by Crippen LogP contribution is -2.58. The SMILES string of the molecule is CN(C)C[C@@H]1Cc2ccc(Cl)cc2N(C(=O)C(Cc2c[nH]c3ccccc23)NC(=O)N2CCN(c3ccccc3)CC2)C1. The number of amides is 3. The molecule has 8 nitrogen and oxygen atoms in total. The molecule has 0 spiro atoms. The molecule has 224 valence electrons. The second-order valence-corrected chi connectivity index (χ2v) is 12.4. The van der Waals surface area contributed by atoms with Crippen molar-refractivity contribution in [3.05, 3.63) is 95.1 Å². The van der Waals surface area contributed by atoms with E-state index in [9.17, 15) is 9.59 Å². The van der Waals surface area contributed by atoms with Crippen molar-refractivity contribution in [2.24, 2.45) is 5.92 Å². The van der Waals surface area contributed by atoms with Gasteiger partial charge in [-0.25, -0.2) is 4.79 Å². The summed E-state index contributed by atoms with van der Waals surface area (Å²) < 4.78 is 0. The number of rotatable bonds is 7. The molecule has 1 aromatic heterocycles. The number of fused-ring (bicyclic) bond motifs is 2. The molecule has 2 N–H and O–H groups in total. The lowest BCUT2D eigenvalue weighted by Gasteiger charge is -2.39. The average molecular weight is 599 g/mol. The first kappa shape index (κ1) is 29.1. The van der Waals surface area contributed by atoms with Gasteiger partial charge in [0.2, 0.25) is 5.91 Å². The second-order valence-electron chi connectivity index (χ2n) is 11.9. The van der Waals surface area contributed by atoms with Crippen LogP contribution in [-0.4, -0.2) is 86.1 Å². The van der Waals surface area contributed by atoms with Gasteiger partial charge in [-0.3, -0.25) is 4.79 Å². The molecule has 0 radical (unpaired) electrons. The number of nitrogens with zero attached hydrogens (tertiary/aromatic N) is 4. The molecule has 0 bridgehead atoms. The lowest BCUT2D eigenvalue weighted by molar-refractivity contribution is -0.120. The Bertz CT molecular complexity index is 1580. The Kier molecular flexibility index (Phi) is 8.58. The van der Waals surface area contributed by atoms with E-state index in [1.54, 1.807) is 0 Å². The average Bonchev–Trinajstić information content (AvgIpc) is 3.43. The Labute approximate surface area is 258 Å². The number of hydrogen-bond donors (Lipinski definition) is 2. The van der Waals surface area contributed by atoms with Crippen molar-refractivity contribution in [3.8, 4) is 0 Å². The summed E-state index contributed by atoms with van der Waals surface area (Å²) in [6.07, 6.45) is 3.20. The molecular formula is C34H39ClN6O2. The monoisotopic (exact) mass is 598 g/mol. The molecule has 3 aromatic carbocycles. The molecule has 3 amide bonds. The van der Waals surface area contributed by atoms with Gasteiger partial charge in [0.1, 0.15) is 6.04 Å². The quantitative estimate of drug-likeness (QED) is 0.313. The van der Waals surface area contributed by atoms with Gasteiger partial charge in [0.15, 0.2) is 0 Å². The number of piperazine rings is 1. The van der Waals surface area contributed by atoms with Gasteiger partial charge in [0, 0.05) is 79.2 Å². The summed E-state index contributed by atoms with van der Waals surface area (Å²) in [5.41, 5.74) is 5.10. The molecule has 2 atom stereocenters. The molecule has 0 saturated carbocycles. The van der Waals surface area contributed by atoms with E-state index < -0.39 is 6.04 Å². The maximum Gasteiger partial charge on any atom is 0.318 e. The first-order valence-corrected chi connectivity index (χ1v) is 15.4. The zero-order valence-electron chi connectivity index (χ0n) is 24.8. The van der Waals surface area contributed by atoms with E-state index in [0.717, 1.165) is 59.5 Å². The normalized spacial score (nSPS) is 17.7. The summed E-state index contributed by atoms with van der Waals surface area (Å²) in [4.78, 5) is 39.7. The Hall–Kier alpha value is -4.01. The Balaban J connectivity index is 1.26. The van der Waals surface area contributed by atoms with Gasteiger partial charge in [-0.1, -0.05) is 54.1 Å². The first-order chi connectivity index (χ1) is 20.9. The number of carbonyl (C=O) groups is 2. The van der Waals surface area contributed by atoms with Gasteiger partial charge >= 0.3 is 6.03 Å². The highest BCUT2D eigenvalue weighted by atomic mass is 35.5. The van der Waals surface area contributed by atoms with Gasteiger partial charge in [-0.15, -0.1) is 0 Å². The highest BCUT2D eigenvalue weighted by Crippen LogP contribution is 2.33. The number of benzene rings is 3. The number of halogens is 1. The summed E-state index contributed by atoms with van der Waals surface area (Å²) in [6.45, 7) is 4.08. The number of aromatic nitrogens is 1. The third kappa shape index (κ3) is 6.50. The van der Waals surface area contributed by atoms with E-state index in [1.165, 1.54) is 0 Å². The number of nitrogens with one attached hydrogen (secondary N) is 2. The van der Waals surface area contributed by atoms with Crippen LogP contribution in [0.3, 0.4) is 0 Å². The topological polar surface area (TPSA) is 74.9 Å². The second kappa shape index (κ2) is 12.7. The minimum absolute atomic E-state index is 0.117. The predicted molar refractivity (Wildman–Crippen MR) is 174 cm³/mol. The van der Waals surface area contributed by atoms with E-state index >= 15 is 0 Å². The molecule has 2 aliphatic rings. The fraction of sp³-hybridized carbons (Fsp3) is 0.353. The molecule has 3 heterocycles. The predicted octanol–water partition coefficient (Wildman–Crippen LogP) is 5.03. The number of hydrogen-bond acceptors (Lipinski definition) is 4. The molecule has 4 aromatic rings. The van der Waals surface area contributed by atoms with Crippen LogP contribution in [0.25, 0.3) is 10.9 Å². The van der Waals surface area contributed by atoms with Crippen LogP contribution in [-0.2, 0) is 17.6 Å². The number of aromatic amines is 1. The minimum atomic E-state index is -0.746. The van der Waals surface area contributed by atoms with Crippen molar-refractivity contribution >= 4 is 45.8 Å². The standard InChI is InChI=1S/C34H39ClN6O2/c1-38(2)22-24-18-25-12-13-27(35)20-32(25)41(23-24)33(42)31(19-26-21-36-30-11-7-6-10-29(26)30)37-34(43)40-16-14-39(15-17-40)28-8-4-3-5-9-28/h3-13,20-21,24,31,36H,14-19,22-23H2,1-2H3,(H,37,43)/t24-,31?/m0/s1. The number of H-pyrrole nitrogens is 1. The van der Waals surface area contributed by atoms with Gasteiger partial charge in [-0.05, 0) is 67.9 Å². The molecule has 1 unspecified atom stereocenters. The molecule has 1 saturated heterocycles. The summed E-state index contributed by atoms with van der Waals surface area (Å²) in [5.74, 6) is 0.150. The van der Waals surface area contributed by atoms with Crippen molar-refractivity contribution in [3.63, 3.8) is 0 Å². The van der Waals surface area contributed by atoms with Gasteiger partial charge < -0.3 is 29.9 Å². The summed E-state index contributed by atoms with van der Waals surface area (Å²) in [6, 6.07) is 23.2. The largest absolute Gasteiger partial charge is 0.368 e. The van der Waals surface area contributed by atoms with Gasteiger partial charge in [0.05, 0.1) is 0 Å².